The van der Waals surface area contributed by atoms with Gasteiger partial charge in [0.15, 0.2) is 0 Å². The van der Waals surface area contributed by atoms with Crippen molar-refractivity contribution in [1.29, 1.82) is 0 Å². The molecule has 6 rings (SSSR count). The maximum atomic E-state index is 13.7. The Morgan fingerprint density at radius 1 is 1.09 bits per heavy atom. The van der Waals surface area contributed by atoms with E-state index in [9.17, 15) is 9.59 Å². The van der Waals surface area contributed by atoms with Gasteiger partial charge >= 0.3 is 0 Å². The van der Waals surface area contributed by atoms with Gasteiger partial charge in [0.05, 0.1) is 17.6 Å². The van der Waals surface area contributed by atoms with Gasteiger partial charge in [0.2, 0.25) is 5.91 Å². The lowest BCUT2D eigenvalue weighted by molar-refractivity contribution is -0.119. The molecule has 7 nitrogen and oxygen atoms in total. The second-order valence-corrected chi connectivity index (χ2v) is 9.49. The van der Waals surface area contributed by atoms with Gasteiger partial charge in [0, 0.05) is 23.5 Å². The van der Waals surface area contributed by atoms with E-state index >= 15 is 0 Å². The molecule has 34 heavy (non-hydrogen) atoms. The van der Waals surface area contributed by atoms with Gasteiger partial charge in [-0.3, -0.25) is 9.59 Å². The van der Waals surface area contributed by atoms with Gasteiger partial charge in [0.25, 0.3) is 5.56 Å². The van der Waals surface area contributed by atoms with Crippen LogP contribution in [0.15, 0.2) is 53.5 Å². The van der Waals surface area contributed by atoms with Gasteiger partial charge in [-0.1, -0.05) is 24.3 Å². The van der Waals surface area contributed by atoms with Crippen LogP contribution in [0.25, 0.3) is 16.6 Å². The van der Waals surface area contributed by atoms with E-state index < -0.39 is 0 Å². The second kappa shape index (κ2) is 7.94. The maximum absolute atomic E-state index is 13.7. The van der Waals surface area contributed by atoms with E-state index in [2.05, 4.69) is 25.0 Å². The van der Waals surface area contributed by atoms with Gasteiger partial charge in [-0.25, -0.2) is 9.36 Å². The lowest BCUT2D eigenvalue weighted by Crippen LogP contribution is -2.40. The molecule has 0 unspecified atom stereocenters. The largest absolute Gasteiger partial charge is 0.311 e. The lowest BCUT2D eigenvalue weighted by Gasteiger charge is -2.29. The van der Waals surface area contributed by atoms with Crippen LogP contribution in [0.2, 0.25) is 0 Å². The molecule has 0 radical (unpaired) electrons. The van der Waals surface area contributed by atoms with E-state index in [1.165, 1.54) is 15.8 Å². The van der Waals surface area contributed by atoms with Crippen molar-refractivity contribution >= 4 is 22.5 Å². The number of hydrogen-bond donors (Lipinski definition) is 0. The minimum absolute atomic E-state index is 0.0824. The van der Waals surface area contributed by atoms with E-state index in [4.69, 9.17) is 5.10 Å². The van der Waals surface area contributed by atoms with Crippen molar-refractivity contribution < 1.29 is 4.79 Å². The summed E-state index contributed by atoms with van der Waals surface area (Å²) in [6.07, 6.45) is 5.72. The predicted molar refractivity (Wildman–Crippen MR) is 132 cm³/mol. The zero-order valence-electron chi connectivity index (χ0n) is 19.5. The molecule has 2 aliphatic rings. The predicted octanol–water partition coefficient (Wildman–Crippen LogP) is 4.06. The summed E-state index contributed by atoms with van der Waals surface area (Å²) in [7, 11) is 0. The normalized spacial score (nSPS) is 15.5. The molecule has 7 heteroatoms. The monoisotopic (exact) mass is 453 g/mol. The SMILES string of the molecule is Cc1ccc(-n2ncc3c(C4CC4)nn(CC(=O)N4CCCc5ccccc54)c(=O)c32)cc1C. The molecule has 1 saturated carbocycles. The summed E-state index contributed by atoms with van der Waals surface area (Å²) in [5, 5.41) is 10.1. The fraction of sp³-hybridized carbons (Fsp3) is 0.333. The molecule has 2 aromatic heterocycles. The van der Waals surface area contributed by atoms with Crippen LogP contribution in [0.5, 0.6) is 0 Å². The molecule has 3 heterocycles. The standard InChI is InChI=1S/C27H27N5O2/c1-17-9-12-21(14-18(17)2)32-26-22(15-28-32)25(20-10-11-20)29-31(27(26)34)16-24(33)30-13-5-7-19-6-3-4-8-23(19)30/h3-4,6,8-9,12,14-15,20H,5,7,10-11,13,16H2,1-2H3. The Morgan fingerprint density at radius 2 is 1.91 bits per heavy atom. The Labute approximate surface area is 197 Å². The summed E-state index contributed by atoms with van der Waals surface area (Å²) < 4.78 is 3.06. The molecule has 1 aliphatic heterocycles. The molecule has 1 amide bonds. The molecule has 0 saturated heterocycles. The molecule has 0 atom stereocenters. The molecular weight excluding hydrogens is 426 g/mol. The van der Waals surface area contributed by atoms with Crippen molar-refractivity contribution in [2.45, 2.75) is 52.0 Å². The van der Waals surface area contributed by atoms with Crippen molar-refractivity contribution in [2.24, 2.45) is 0 Å². The maximum Gasteiger partial charge on any atom is 0.293 e. The van der Waals surface area contributed by atoms with Crippen LogP contribution >= 0.6 is 0 Å². The zero-order valence-corrected chi connectivity index (χ0v) is 19.5. The molecule has 172 valence electrons. The van der Waals surface area contributed by atoms with Crippen LogP contribution in [0.4, 0.5) is 5.69 Å². The number of hydrogen-bond acceptors (Lipinski definition) is 4. The Morgan fingerprint density at radius 3 is 2.71 bits per heavy atom. The number of carbonyl (C=O) groups excluding carboxylic acids is 1. The van der Waals surface area contributed by atoms with Gasteiger partial charge in [-0.15, -0.1) is 0 Å². The average Bonchev–Trinajstić information content (AvgIpc) is 3.60. The van der Waals surface area contributed by atoms with Crippen LogP contribution in [-0.2, 0) is 17.8 Å². The molecule has 2 aromatic carbocycles. The minimum Gasteiger partial charge on any atom is -0.311 e. The van der Waals surface area contributed by atoms with Crippen molar-refractivity contribution in [3.05, 3.63) is 81.4 Å². The first-order valence-electron chi connectivity index (χ1n) is 12.0. The first-order chi connectivity index (χ1) is 16.5. The molecule has 0 spiro atoms. The highest BCUT2D eigenvalue weighted by atomic mass is 16.2. The van der Waals surface area contributed by atoms with Crippen LogP contribution in [-0.4, -0.2) is 32.0 Å². The highest BCUT2D eigenvalue weighted by Gasteiger charge is 2.31. The van der Waals surface area contributed by atoms with E-state index in [0.717, 1.165) is 53.7 Å². The number of amides is 1. The molecule has 1 aliphatic carbocycles. The van der Waals surface area contributed by atoms with Crippen LogP contribution in [0.3, 0.4) is 0 Å². The lowest BCUT2D eigenvalue weighted by atomic mass is 10.0. The number of aromatic nitrogens is 4. The number of aryl methyl sites for hydroxylation is 3. The smallest absolute Gasteiger partial charge is 0.293 e. The quantitative estimate of drug-likeness (QED) is 0.467. The van der Waals surface area contributed by atoms with Crippen molar-refractivity contribution in [1.82, 2.24) is 19.6 Å². The van der Waals surface area contributed by atoms with Gasteiger partial charge < -0.3 is 4.90 Å². The fourth-order valence-corrected chi connectivity index (χ4v) is 4.92. The van der Waals surface area contributed by atoms with Crippen molar-refractivity contribution in [2.75, 3.05) is 11.4 Å². The highest BCUT2D eigenvalue weighted by Crippen LogP contribution is 2.41. The number of rotatable bonds is 4. The first kappa shape index (κ1) is 20.8. The number of benzene rings is 2. The van der Waals surface area contributed by atoms with Gasteiger partial charge in [-0.05, 0) is 74.4 Å². The minimum atomic E-state index is -0.284. The number of fused-ring (bicyclic) bond motifs is 2. The van der Waals surface area contributed by atoms with Crippen LogP contribution in [0, 0.1) is 13.8 Å². The van der Waals surface area contributed by atoms with Crippen LogP contribution in [0.1, 0.15) is 47.6 Å². The van der Waals surface area contributed by atoms with Crippen molar-refractivity contribution in [3.63, 3.8) is 0 Å². The topological polar surface area (TPSA) is 73.0 Å². The van der Waals surface area contributed by atoms with Gasteiger partial charge in [0.1, 0.15) is 12.1 Å². The summed E-state index contributed by atoms with van der Waals surface area (Å²) in [6, 6.07) is 14.1. The summed E-state index contributed by atoms with van der Waals surface area (Å²) in [5.74, 6) is 0.206. The Hall–Kier alpha value is -3.74. The second-order valence-electron chi connectivity index (χ2n) is 9.49. The number of carbonyl (C=O) groups is 1. The van der Waals surface area contributed by atoms with Gasteiger partial charge in [-0.2, -0.15) is 10.2 Å². The Bertz CT molecular complexity index is 1490. The third-order valence-corrected chi connectivity index (χ3v) is 7.11. The summed E-state index contributed by atoms with van der Waals surface area (Å²) in [4.78, 5) is 28.9. The van der Waals surface area contributed by atoms with Crippen LogP contribution < -0.4 is 10.5 Å². The number of anilines is 1. The molecular formula is C27H27N5O2. The third-order valence-electron chi connectivity index (χ3n) is 7.11. The van der Waals surface area contributed by atoms with E-state index in [1.807, 2.05) is 36.4 Å². The van der Waals surface area contributed by atoms with E-state index in [0.29, 0.717) is 18.0 Å². The number of para-hydroxylation sites is 1. The summed E-state index contributed by atoms with van der Waals surface area (Å²) in [5.41, 5.74) is 6.35. The Kier molecular flexibility index (Phi) is 4.86. The fourth-order valence-electron chi connectivity index (χ4n) is 4.92. The zero-order chi connectivity index (χ0) is 23.4. The Balaban J connectivity index is 1.44. The molecule has 0 bridgehead atoms. The highest BCUT2D eigenvalue weighted by molar-refractivity contribution is 5.94. The van der Waals surface area contributed by atoms with E-state index in [-0.39, 0.29) is 18.0 Å². The van der Waals surface area contributed by atoms with E-state index in [1.54, 1.807) is 15.8 Å². The molecule has 1 fully saturated rings. The summed E-state index contributed by atoms with van der Waals surface area (Å²) in [6.45, 7) is 4.69. The van der Waals surface area contributed by atoms with Crippen molar-refractivity contribution in [3.8, 4) is 5.69 Å². The molecule has 4 aromatic rings. The first-order valence-corrected chi connectivity index (χ1v) is 12.0. The third kappa shape index (κ3) is 3.43. The average molecular weight is 454 g/mol. The molecule has 0 N–H and O–H groups in total. The summed E-state index contributed by atoms with van der Waals surface area (Å²) >= 11 is 0. The number of nitrogens with zero attached hydrogens (tertiary/aromatic N) is 5.